The van der Waals surface area contributed by atoms with Crippen LogP contribution in [0.25, 0.3) is 11.1 Å². The summed E-state index contributed by atoms with van der Waals surface area (Å²) in [6, 6.07) is 3.91. The molecule has 12 heavy (non-hydrogen) atoms. The summed E-state index contributed by atoms with van der Waals surface area (Å²) in [4.78, 5) is 0. The molecule has 0 aliphatic heterocycles. The maximum absolute atomic E-state index is 5.46. The van der Waals surface area contributed by atoms with Crippen LogP contribution in [0, 0.1) is 0 Å². The maximum Gasteiger partial charge on any atom is 0.246 e. The van der Waals surface area contributed by atoms with Gasteiger partial charge in [-0.05, 0) is 12.1 Å². The Morgan fingerprint density at radius 1 is 1.42 bits per heavy atom. The molecule has 0 atom stereocenters. The highest BCUT2D eigenvalue weighted by Gasteiger charge is 2.06. The fourth-order valence-electron chi connectivity index (χ4n) is 1.10. The number of nitrogens with zero attached hydrogens (tertiary/aromatic N) is 2. The van der Waals surface area contributed by atoms with E-state index in [0.29, 0.717) is 11.6 Å². The van der Waals surface area contributed by atoms with Crippen molar-refractivity contribution in [2.75, 3.05) is 0 Å². The Morgan fingerprint density at radius 3 is 2.92 bits per heavy atom. The molecule has 0 aromatic carbocycles. The monoisotopic (exact) mass is 162 g/mol. The van der Waals surface area contributed by atoms with E-state index in [1.54, 1.807) is 6.20 Å². The summed E-state index contributed by atoms with van der Waals surface area (Å²) < 4.78 is 5.46. The first-order valence-corrected chi connectivity index (χ1v) is 3.98. The van der Waals surface area contributed by atoms with Crippen LogP contribution in [0.5, 0.6) is 0 Å². The molecule has 0 bridgehead atoms. The number of hydrogen-bond donors (Lipinski definition) is 0. The van der Waals surface area contributed by atoms with Crippen molar-refractivity contribution in [1.82, 2.24) is 10.2 Å². The van der Waals surface area contributed by atoms with Crippen LogP contribution < -0.4 is 0 Å². The quantitative estimate of drug-likeness (QED) is 0.646. The van der Waals surface area contributed by atoms with Gasteiger partial charge in [-0.2, -0.15) is 5.10 Å². The Bertz CT molecular complexity index is 359. The zero-order valence-corrected chi connectivity index (χ0v) is 7.11. The predicted octanol–water partition coefficient (Wildman–Crippen LogP) is 2.35. The summed E-state index contributed by atoms with van der Waals surface area (Å²) >= 11 is 0. The minimum absolute atomic E-state index is 0.402. The van der Waals surface area contributed by atoms with Crippen LogP contribution in [0.3, 0.4) is 0 Å². The van der Waals surface area contributed by atoms with Crippen molar-refractivity contribution in [2.45, 2.75) is 19.8 Å². The molecule has 3 heteroatoms. The van der Waals surface area contributed by atoms with Gasteiger partial charge in [0.2, 0.25) is 5.71 Å². The Hall–Kier alpha value is -1.38. The third-order valence-electron chi connectivity index (χ3n) is 1.80. The molecule has 2 rings (SSSR count). The summed E-state index contributed by atoms with van der Waals surface area (Å²) in [6.45, 7) is 4.18. The van der Waals surface area contributed by atoms with E-state index in [-0.39, 0.29) is 0 Å². The van der Waals surface area contributed by atoms with Crippen molar-refractivity contribution >= 4 is 11.1 Å². The van der Waals surface area contributed by atoms with Gasteiger partial charge >= 0.3 is 0 Å². The van der Waals surface area contributed by atoms with Gasteiger partial charge in [-0.1, -0.05) is 13.8 Å². The van der Waals surface area contributed by atoms with Gasteiger partial charge in [-0.3, -0.25) is 0 Å². The van der Waals surface area contributed by atoms with Gasteiger partial charge in [0.05, 0.1) is 6.20 Å². The van der Waals surface area contributed by atoms with Gasteiger partial charge < -0.3 is 4.42 Å². The van der Waals surface area contributed by atoms with E-state index in [0.717, 1.165) is 11.1 Å². The number of fused-ring (bicyclic) bond motifs is 1. The topological polar surface area (TPSA) is 38.9 Å². The zero-order valence-electron chi connectivity index (χ0n) is 7.11. The van der Waals surface area contributed by atoms with E-state index in [1.165, 1.54) is 0 Å². The standard InChI is InChI=1S/C9H10N2O/c1-6(2)8-5-7-3-4-10-11-9(7)12-8/h3-6H,1-2H3. The molecule has 0 spiro atoms. The number of aromatic nitrogens is 2. The first-order chi connectivity index (χ1) is 5.77. The molecule has 0 fully saturated rings. The molecule has 0 amide bonds. The van der Waals surface area contributed by atoms with Crippen LogP contribution >= 0.6 is 0 Å². The highest BCUT2D eigenvalue weighted by Crippen LogP contribution is 2.21. The smallest absolute Gasteiger partial charge is 0.246 e. The summed E-state index contributed by atoms with van der Waals surface area (Å²) in [6.07, 6.45) is 1.67. The molecule has 0 radical (unpaired) electrons. The molecule has 2 aromatic rings. The molecule has 0 unspecified atom stereocenters. The van der Waals surface area contributed by atoms with Crippen molar-refractivity contribution < 1.29 is 4.42 Å². The van der Waals surface area contributed by atoms with Gasteiger partial charge in [-0.25, -0.2) is 0 Å². The summed E-state index contributed by atoms with van der Waals surface area (Å²) in [7, 11) is 0. The third-order valence-corrected chi connectivity index (χ3v) is 1.80. The molecule has 2 heterocycles. The molecule has 2 aromatic heterocycles. The Balaban J connectivity index is 2.62. The van der Waals surface area contributed by atoms with E-state index in [1.807, 2.05) is 12.1 Å². The lowest BCUT2D eigenvalue weighted by Crippen LogP contribution is -1.80. The first-order valence-electron chi connectivity index (χ1n) is 3.98. The number of furan rings is 1. The van der Waals surface area contributed by atoms with Crippen LogP contribution in [0.15, 0.2) is 22.7 Å². The van der Waals surface area contributed by atoms with E-state index < -0.39 is 0 Å². The molecule has 0 saturated carbocycles. The van der Waals surface area contributed by atoms with Gasteiger partial charge in [-0.15, -0.1) is 5.10 Å². The van der Waals surface area contributed by atoms with E-state index in [2.05, 4.69) is 24.0 Å². The summed E-state index contributed by atoms with van der Waals surface area (Å²) in [5.41, 5.74) is 0.626. The summed E-state index contributed by atoms with van der Waals surface area (Å²) in [5, 5.41) is 8.63. The lowest BCUT2D eigenvalue weighted by atomic mass is 10.1. The Kier molecular flexibility index (Phi) is 1.57. The zero-order chi connectivity index (χ0) is 8.55. The second kappa shape index (κ2) is 2.59. The maximum atomic E-state index is 5.46. The largest absolute Gasteiger partial charge is 0.441 e. The lowest BCUT2D eigenvalue weighted by molar-refractivity contribution is 0.510. The van der Waals surface area contributed by atoms with Crippen LogP contribution in [0.4, 0.5) is 0 Å². The highest BCUT2D eigenvalue weighted by atomic mass is 16.3. The molecular formula is C9H10N2O. The normalized spacial score (nSPS) is 11.2. The highest BCUT2D eigenvalue weighted by molar-refractivity contribution is 5.73. The molecule has 0 N–H and O–H groups in total. The summed E-state index contributed by atoms with van der Waals surface area (Å²) in [5.74, 6) is 1.37. The minimum atomic E-state index is 0.402. The van der Waals surface area contributed by atoms with Gasteiger partial charge in [0.15, 0.2) is 0 Å². The molecule has 0 saturated heterocycles. The molecule has 0 aliphatic carbocycles. The van der Waals surface area contributed by atoms with Crippen LogP contribution in [0.1, 0.15) is 25.5 Å². The second-order valence-electron chi connectivity index (χ2n) is 3.10. The van der Waals surface area contributed by atoms with E-state index >= 15 is 0 Å². The number of rotatable bonds is 1. The van der Waals surface area contributed by atoms with Crippen molar-refractivity contribution in [3.05, 3.63) is 24.1 Å². The predicted molar refractivity (Wildman–Crippen MR) is 45.9 cm³/mol. The lowest BCUT2D eigenvalue weighted by Gasteiger charge is -1.95. The Labute approximate surface area is 70.4 Å². The average Bonchev–Trinajstić information content (AvgIpc) is 2.46. The fraction of sp³-hybridized carbons (Fsp3) is 0.333. The molecule has 62 valence electrons. The average molecular weight is 162 g/mol. The SMILES string of the molecule is CC(C)c1cc2ccnnc2o1. The van der Waals surface area contributed by atoms with Crippen molar-refractivity contribution in [2.24, 2.45) is 0 Å². The van der Waals surface area contributed by atoms with Crippen LogP contribution in [-0.4, -0.2) is 10.2 Å². The third kappa shape index (κ3) is 1.07. The van der Waals surface area contributed by atoms with E-state index in [9.17, 15) is 0 Å². The van der Waals surface area contributed by atoms with Gasteiger partial charge in [0.1, 0.15) is 5.76 Å². The molecule has 3 nitrogen and oxygen atoms in total. The van der Waals surface area contributed by atoms with Crippen molar-refractivity contribution in [3.8, 4) is 0 Å². The van der Waals surface area contributed by atoms with E-state index in [4.69, 9.17) is 4.42 Å². The van der Waals surface area contributed by atoms with Gasteiger partial charge in [0, 0.05) is 11.3 Å². The fourth-order valence-corrected chi connectivity index (χ4v) is 1.10. The van der Waals surface area contributed by atoms with Crippen molar-refractivity contribution in [1.29, 1.82) is 0 Å². The molecular weight excluding hydrogens is 152 g/mol. The van der Waals surface area contributed by atoms with Crippen molar-refractivity contribution in [3.63, 3.8) is 0 Å². The Morgan fingerprint density at radius 2 is 2.25 bits per heavy atom. The first kappa shape index (κ1) is 7.28. The minimum Gasteiger partial charge on any atom is -0.441 e. The van der Waals surface area contributed by atoms with Crippen LogP contribution in [-0.2, 0) is 0 Å². The number of hydrogen-bond acceptors (Lipinski definition) is 3. The van der Waals surface area contributed by atoms with Crippen LogP contribution in [0.2, 0.25) is 0 Å². The molecule has 0 aliphatic rings. The second-order valence-corrected chi connectivity index (χ2v) is 3.10. The van der Waals surface area contributed by atoms with Gasteiger partial charge in [0.25, 0.3) is 0 Å².